The molecule has 40 heavy (non-hydrogen) atoms. The van der Waals surface area contributed by atoms with E-state index in [0.717, 1.165) is 36.4 Å². The average molecular weight is 538 g/mol. The van der Waals surface area contributed by atoms with Crippen LogP contribution in [-0.4, -0.2) is 29.3 Å². The SMILES string of the molecule is CC(C)C(=O)c1ccc2c(c1)C1CCC2N1CCC1CCC(NC(=O)N[C@@H](C)c2cccc3ccccc23)CC1. The minimum atomic E-state index is -0.0643. The van der Waals surface area contributed by atoms with Crippen molar-refractivity contribution in [2.45, 2.75) is 89.9 Å². The van der Waals surface area contributed by atoms with Crippen molar-refractivity contribution >= 4 is 22.6 Å². The normalized spacial score (nSPS) is 24.7. The van der Waals surface area contributed by atoms with E-state index in [1.54, 1.807) is 0 Å². The number of hydrogen-bond acceptors (Lipinski definition) is 3. The molecule has 210 valence electrons. The van der Waals surface area contributed by atoms with Crippen LogP contribution in [-0.2, 0) is 0 Å². The highest BCUT2D eigenvalue weighted by molar-refractivity contribution is 5.97. The maximum Gasteiger partial charge on any atom is 0.315 e. The number of hydrogen-bond donors (Lipinski definition) is 2. The van der Waals surface area contributed by atoms with Crippen molar-refractivity contribution in [3.63, 3.8) is 0 Å². The van der Waals surface area contributed by atoms with Crippen LogP contribution in [0, 0.1) is 11.8 Å². The summed E-state index contributed by atoms with van der Waals surface area (Å²) in [4.78, 5) is 28.1. The lowest BCUT2D eigenvalue weighted by atomic mass is 9.84. The number of rotatable bonds is 8. The summed E-state index contributed by atoms with van der Waals surface area (Å²) in [7, 11) is 0. The molecule has 0 spiro atoms. The van der Waals surface area contributed by atoms with Crippen LogP contribution >= 0.6 is 0 Å². The molecule has 2 bridgehead atoms. The summed E-state index contributed by atoms with van der Waals surface area (Å²) in [5.41, 5.74) is 4.88. The van der Waals surface area contributed by atoms with Crippen molar-refractivity contribution in [3.05, 3.63) is 82.9 Å². The molecular weight excluding hydrogens is 494 g/mol. The fraction of sp³-hybridized carbons (Fsp3) is 0.486. The van der Waals surface area contributed by atoms with Crippen molar-refractivity contribution in [2.75, 3.05) is 6.54 Å². The molecule has 2 aliphatic heterocycles. The van der Waals surface area contributed by atoms with Crippen LogP contribution in [0.15, 0.2) is 60.7 Å². The highest BCUT2D eigenvalue weighted by Gasteiger charge is 2.43. The Hall–Kier alpha value is -3.18. The number of nitrogens with one attached hydrogen (secondary N) is 2. The van der Waals surface area contributed by atoms with Crippen LogP contribution in [0.5, 0.6) is 0 Å². The van der Waals surface area contributed by atoms with Gasteiger partial charge in [-0.1, -0.05) is 68.4 Å². The minimum Gasteiger partial charge on any atom is -0.335 e. The summed E-state index contributed by atoms with van der Waals surface area (Å²) >= 11 is 0. The highest BCUT2D eigenvalue weighted by atomic mass is 16.2. The molecule has 2 fully saturated rings. The molecule has 2 N–H and O–H groups in total. The number of nitrogens with zero attached hydrogens (tertiary/aromatic N) is 1. The van der Waals surface area contributed by atoms with Crippen molar-refractivity contribution < 1.29 is 9.59 Å². The van der Waals surface area contributed by atoms with Gasteiger partial charge in [0, 0.05) is 29.6 Å². The van der Waals surface area contributed by atoms with E-state index in [9.17, 15) is 9.59 Å². The van der Waals surface area contributed by atoms with Gasteiger partial charge in [0.25, 0.3) is 0 Å². The zero-order valence-electron chi connectivity index (χ0n) is 24.2. The third-order valence-electron chi connectivity index (χ3n) is 9.74. The van der Waals surface area contributed by atoms with Crippen molar-refractivity contribution in [1.82, 2.24) is 15.5 Å². The van der Waals surface area contributed by atoms with Gasteiger partial charge in [-0.05, 0) is 97.9 Å². The summed E-state index contributed by atoms with van der Waals surface area (Å²) in [6.07, 6.45) is 8.11. The van der Waals surface area contributed by atoms with Crippen molar-refractivity contribution in [1.29, 1.82) is 0 Å². The van der Waals surface area contributed by atoms with Crippen LogP contribution in [0.4, 0.5) is 4.79 Å². The maximum absolute atomic E-state index is 12.9. The first-order valence-corrected chi connectivity index (χ1v) is 15.4. The Bertz CT molecular complexity index is 1390. The van der Waals surface area contributed by atoms with Crippen molar-refractivity contribution in [3.8, 4) is 0 Å². The molecule has 1 saturated carbocycles. The van der Waals surface area contributed by atoms with Gasteiger partial charge in [-0.3, -0.25) is 9.69 Å². The van der Waals surface area contributed by atoms with Crippen LogP contribution in [0.2, 0.25) is 0 Å². The van der Waals surface area contributed by atoms with Crippen LogP contribution in [0.1, 0.15) is 111 Å². The Kier molecular flexibility index (Phi) is 7.67. The lowest BCUT2D eigenvalue weighted by molar-refractivity contribution is 0.0939. The van der Waals surface area contributed by atoms with E-state index in [0.29, 0.717) is 12.1 Å². The van der Waals surface area contributed by atoms with E-state index in [1.165, 1.54) is 54.0 Å². The Morgan fingerprint density at radius 1 is 0.850 bits per heavy atom. The molecule has 6 rings (SSSR count). The molecule has 0 aromatic heterocycles. The molecule has 1 aliphatic carbocycles. The van der Waals surface area contributed by atoms with Gasteiger partial charge >= 0.3 is 6.03 Å². The molecule has 2 heterocycles. The quantitative estimate of drug-likeness (QED) is 0.287. The standard InChI is InChI=1S/C35H43N3O2/c1-22(2)34(39)26-13-16-30-31(21-26)33-18-17-32(30)38(33)20-19-24-11-14-27(15-12-24)37-35(40)36-23(3)28-10-6-8-25-7-4-5-9-29(25)28/h4-10,13,16,21-24,27,32-33H,11-12,14-15,17-20H2,1-3H3,(H2,36,37,40)/t23-,24?,27?,32?,33?/m0/s1. The van der Waals surface area contributed by atoms with E-state index in [4.69, 9.17) is 0 Å². The van der Waals surface area contributed by atoms with Gasteiger partial charge in [0.2, 0.25) is 0 Å². The number of ketones is 1. The number of fused-ring (bicyclic) bond motifs is 6. The van der Waals surface area contributed by atoms with Crippen LogP contribution in [0.3, 0.4) is 0 Å². The van der Waals surface area contributed by atoms with Gasteiger partial charge in [-0.2, -0.15) is 0 Å². The van der Waals surface area contributed by atoms with Crippen LogP contribution in [0.25, 0.3) is 10.8 Å². The zero-order chi connectivity index (χ0) is 27.8. The number of urea groups is 1. The fourth-order valence-electron chi connectivity index (χ4n) is 7.55. The maximum atomic E-state index is 12.9. The largest absolute Gasteiger partial charge is 0.335 e. The second-order valence-electron chi connectivity index (χ2n) is 12.6. The molecule has 3 aromatic carbocycles. The Balaban J connectivity index is 0.974. The van der Waals surface area contributed by atoms with Gasteiger partial charge in [0.05, 0.1) is 6.04 Å². The third-order valence-corrected chi connectivity index (χ3v) is 9.74. The molecule has 0 radical (unpaired) electrons. The van der Waals surface area contributed by atoms with Crippen LogP contribution < -0.4 is 10.6 Å². The summed E-state index contributed by atoms with van der Waals surface area (Å²) in [6, 6.07) is 22.2. The second-order valence-corrected chi connectivity index (χ2v) is 12.6. The Morgan fingerprint density at radius 2 is 1.57 bits per heavy atom. The summed E-state index contributed by atoms with van der Waals surface area (Å²) in [5.74, 6) is 1.01. The molecule has 3 aliphatic rings. The van der Waals surface area contributed by atoms with Gasteiger partial charge in [-0.25, -0.2) is 4.79 Å². The molecule has 1 saturated heterocycles. The number of carbonyl (C=O) groups excluding carboxylic acids is 2. The molecular formula is C35H43N3O2. The van der Waals surface area contributed by atoms with Gasteiger partial charge < -0.3 is 10.6 Å². The predicted molar refractivity (Wildman–Crippen MR) is 161 cm³/mol. The molecule has 3 aromatic rings. The number of Topliss-reactive ketones (excluding diaryl/α,β-unsaturated/α-hetero) is 1. The first-order chi connectivity index (χ1) is 19.4. The molecule has 5 heteroatoms. The molecule has 5 nitrogen and oxygen atoms in total. The molecule has 2 unspecified atom stereocenters. The Morgan fingerprint density at radius 3 is 2.35 bits per heavy atom. The monoisotopic (exact) mass is 537 g/mol. The fourth-order valence-corrected chi connectivity index (χ4v) is 7.55. The van der Waals surface area contributed by atoms with Gasteiger partial charge in [0.15, 0.2) is 5.78 Å². The summed E-state index contributed by atoms with van der Waals surface area (Å²) < 4.78 is 0. The van der Waals surface area contributed by atoms with E-state index in [2.05, 4.69) is 71.0 Å². The lowest BCUT2D eigenvalue weighted by Crippen LogP contribution is -2.44. The van der Waals surface area contributed by atoms with E-state index >= 15 is 0 Å². The predicted octanol–water partition coefficient (Wildman–Crippen LogP) is 7.88. The van der Waals surface area contributed by atoms with E-state index in [1.807, 2.05) is 26.0 Å². The second kappa shape index (κ2) is 11.4. The van der Waals surface area contributed by atoms with Gasteiger partial charge in [-0.15, -0.1) is 0 Å². The third kappa shape index (κ3) is 5.28. The summed E-state index contributed by atoms with van der Waals surface area (Å²) in [5, 5.41) is 8.82. The van der Waals surface area contributed by atoms with Gasteiger partial charge in [0.1, 0.15) is 0 Å². The summed E-state index contributed by atoms with van der Waals surface area (Å²) in [6.45, 7) is 7.16. The lowest BCUT2D eigenvalue weighted by Gasteiger charge is -2.31. The topological polar surface area (TPSA) is 61.4 Å². The zero-order valence-corrected chi connectivity index (χ0v) is 24.2. The first kappa shape index (κ1) is 27.0. The van der Waals surface area contributed by atoms with E-state index in [-0.39, 0.29) is 29.8 Å². The van der Waals surface area contributed by atoms with Crippen molar-refractivity contribution in [2.24, 2.45) is 11.8 Å². The van der Waals surface area contributed by atoms with E-state index < -0.39 is 0 Å². The minimum absolute atomic E-state index is 0.0380. The number of amides is 2. The Labute approximate surface area is 238 Å². The smallest absolute Gasteiger partial charge is 0.315 e. The molecule has 2 amide bonds. The highest BCUT2D eigenvalue weighted by Crippen LogP contribution is 2.53. The number of carbonyl (C=O) groups is 2. The number of benzene rings is 3. The molecule has 3 atom stereocenters. The average Bonchev–Trinajstić information content (AvgIpc) is 3.51. The first-order valence-electron chi connectivity index (χ1n) is 15.4.